The van der Waals surface area contributed by atoms with Crippen molar-refractivity contribution in [3.63, 3.8) is 0 Å². The summed E-state index contributed by atoms with van der Waals surface area (Å²) in [6.45, 7) is 3.89. The predicted octanol–water partition coefficient (Wildman–Crippen LogP) is 3.15. The third kappa shape index (κ3) is 1.39. The number of benzene rings is 1. The first-order valence-electron chi connectivity index (χ1n) is 4.60. The number of aryl methyl sites for hydroxylation is 2. The number of nitrogen functional groups attached to an aromatic ring is 1. The molecule has 0 atom stereocenters. The number of rotatable bonds is 1. The molecule has 72 valence electrons. The molecule has 2 nitrogen and oxygen atoms in total. The Morgan fingerprint density at radius 1 is 1.07 bits per heavy atom. The van der Waals surface area contributed by atoms with Crippen molar-refractivity contribution in [2.24, 2.45) is 0 Å². The molecule has 0 aliphatic heterocycles. The number of hydrogen-bond acceptors (Lipinski definition) is 2. The molecule has 0 saturated carbocycles. The standard InChI is InChI=1S/C12H13NO/c1-8-7-11(9(2)14-8)10-5-3-4-6-12(10)13/h3-7H,13H2,1-2H3. The molecule has 1 heterocycles. The van der Waals surface area contributed by atoms with Crippen LogP contribution in [0.5, 0.6) is 0 Å². The quantitative estimate of drug-likeness (QED) is 0.696. The number of hydrogen-bond donors (Lipinski definition) is 1. The van der Waals surface area contributed by atoms with E-state index in [0.29, 0.717) is 0 Å². The van der Waals surface area contributed by atoms with Crippen molar-refractivity contribution in [1.29, 1.82) is 0 Å². The van der Waals surface area contributed by atoms with Crippen LogP contribution in [0.15, 0.2) is 34.7 Å². The molecule has 0 spiro atoms. The molecule has 1 aromatic carbocycles. The molecular weight excluding hydrogens is 174 g/mol. The third-order valence-electron chi connectivity index (χ3n) is 2.29. The van der Waals surface area contributed by atoms with Gasteiger partial charge in [-0.15, -0.1) is 0 Å². The summed E-state index contributed by atoms with van der Waals surface area (Å²) in [5.74, 6) is 1.83. The van der Waals surface area contributed by atoms with Crippen LogP contribution in [0.3, 0.4) is 0 Å². The molecule has 0 saturated heterocycles. The van der Waals surface area contributed by atoms with E-state index in [1.807, 2.05) is 44.2 Å². The summed E-state index contributed by atoms with van der Waals surface area (Å²) in [4.78, 5) is 0. The van der Waals surface area contributed by atoms with Crippen molar-refractivity contribution in [2.75, 3.05) is 5.73 Å². The Labute approximate surface area is 83.4 Å². The van der Waals surface area contributed by atoms with Gasteiger partial charge in [0.15, 0.2) is 0 Å². The van der Waals surface area contributed by atoms with Crippen molar-refractivity contribution in [3.05, 3.63) is 41.9 Å². The minimum atomic E-state index is 0.788. The van der Waals surface area contributed by atoms with Gasteiger partial charge in [0, 0.05) is 16.8 Å². The zero-order valence-corrected chi connectivity index (χ0v) is 8.37. The summed E-state index contributed by atoms with van der Waals surface area (Å²) in [5, 5.41) is 0. The topological polar surface area (TPSA) is 39.2 Å². The fourth-order valence-electron chi connectivity index (χ4n) is 1.64. The lowest BCUT2D eigenvalue weighted by molar-refractivity contribution is 0.505. The highest BCUT2D eigenvalue weighted by atomic mass is 16.3. The molecule has 0 bridgehead atoms. The molecule has 2 rings (SSSR count). The fraction of sp³-hybridized carbons (Fsp3) is 0.167. The number of para-hydroxylation sites is 1. The largest absolute Gasteiger partial charge is 0.466 e. The van der Waals surface area contributed by atoms with E-state index in [0.717, 1.165) is 28.3 Å². The van der Waals surface area contributed by atoms with Gasteiger partial charge in [-0.05, 0) is 26.0 Å². The third-order valence-corrected chi connectivity index (χ3v) is 2.29. The van der Waals surface area contributed by atoms with E-state index in [-0.39, 0.29) is 0 Å². The van der Waals surface area contributed by atoms with E-state index in [2.05, 4.69) is 0 Å². The molecule has 0 aliphatic rings. The van der Waals surface area contributed by atoms with Crippen LogP contribution < -0.4 is 5.73 Å². The van der Waals surface area contributed by atoms with E-state index in [1.165, 1.54) is 0 Å². The monoisotopic (exact) mass is 187 g/mol. The van der Waals surface area contributed by atoms with Crippen LogP contribution in [0, 0.1) is 13.8 Å². The Kier molecular flexibility index (Phi) is 2.04. The zero-order valence-electron chi connectivity index (χ0n) is 8.37. The highest BCUT2D eigenvalue weighted by Gasteiger charge is 2.08. The average molecular weight is 187 g/mol. The maximum absolute atomic E-state index is 5.89. The van der Waals surface area contributed by atoms with Crippen molar-refractivity contribution >= 4 is 5.69 Å². The molecule has 0 fully saturated rings. The Morgan fingerprint density at radius 2 is 1.79 bits per heavy atom. The smallest absolute Gasteiger partial charge is 0.108 e. The summed E-state index contributed by atoms with van der Waals surface area (Å²) >= 11 is 0. The molecule has 2 heteroatoms. The maximum atomic E-state index is 5.89. The van der Waals surface area contributed by atoms with Gasteiger partial charge >= 0.3 is 0 Å². The summed E-state index contributed by atoms with van der Waals surface area (Å²) < 4.78 is 5.47. The molecule has 0 amide bonds. The molecular formula is C12H13NO. The second-order valence-electron chi connectivity index (χ2n) is 3.41. The van der Waals surface area contributed by atoms with E-state index >= 15 is 0 Å². The van der Waals surface area contributed by atoms with Crippen molar-refractivity contribution in [1.82, 2.24) is 0 Å². The summed E-state index contributed by atoms with van der Waals surface area (Å²) in [6, 6.07) is 9.83. The van der Waals surface area contributed by atoms with Crippen LogP contribution in [-0.2, 0) is 0 Å². The molecule has 1 aromatic heterocycles. The van der Waals surface area contributed by atoms with Gasteiger partial charge in [-0.25, -0.2) is 0 Å². The summed E-state index contributed by atoms with van der Waals surface area (Å²) in [6.07, 6.45) is 0. The summed E-state index contributed by atoms with van der Waals surface area (Å²) in [5.41, 5.74) is 8.80. The van der Waals surface area contributed by atoms with E-state index < -0.39 is 0 Å². The highest BCUT2D eigenvalue weighted by Crippen LogP contribution is 2.30. The maximum Gasteiger partial charge on any atom is 0.108 e. The lowest BCUT2D eigenvalue weighted by Crippen LogP contribution is -1.88. The van der Waals surface area contributed by atoms with Gasteiger partial charge in [0.2, 0.25) is 0 Å². The normalized spacial score (nSPS) is 10.4. The Balaban J connectivity index is 2.60. The fourth-order valence-corrected chi connectivity index (χ4v) is 1.64. The van der Waals surface area contributed by atoms with E-state index in [4.69, 9.17) is 10.2 Å². The lowest BCUT2D eigenvalue weighted by Gasteiger charge is -2.02. The van der Waals surface area contributed by atoms with Crippen molar-refractivity contribution in [2.45, 2.75) is 13.8 Å². The Hall–Kier alpha value is -1.70. The molecule has 0 unspecified atom stereocenters. The van der Waals surface area contributed by atoms with Gasteiger partial charge < -0.3 is 10.2 Å². The Morgan fingerprint density at radius 3 is 2.36 bits per heavy atom. The number of nitrogens with two attached hydrogens (primary N) is 1. The Bertz CT molecular complexity index is 457. The first kappa shape index (κ1) is 8.88. The van der Waals surface area contributed by atoms with Crippen LogP contribution in [-0.4, -0.2) is 0 Å². The summed E-state index contributed by atoms with van der Waals surface area (Å²) in [7, 11) is 0. The average Bonchev–Trinajstić information content (AvgIpc) is 2.46. The molecule has 2 N–H and O–H groups in total. The van der Waals surface area contributed by atoms with E-state index in [1.54, 1.807) is 0 Å². The molecule has 0 radical (unpaired) electrons. The van der Waals surface area contributed by atoms with Gasteiger partial charge in [-0.3, -0.25) is 0 Å². The van der Waals surface area contributed by atoms with Crippen LogP contribution in [0.2, 0.25) is 0 Å². The minimum absolute atomic E-state index is 0.788. The first-order chi connectivity index (χ1) is 6.68. The molecule has 0 aliphatic carbocycles. The second-order valence-corrected chi connectivity index (χ2v) is 3.41. The van der Waals surface area contributed by atoms with E-state index in [9.17, 15) is 0 Å². The van der Waals surface area contributed by atoms with Gasteiger partial charge in [-0.2, -0.15) is 0 Å². The number of furan rings is 1. The lowest BCUT2D eigenvalue weighted by atomic mass is 10.0. The number of anilines is 1. The predicted molar refractivity (Wildman–Crippen MR) is 58.0 cm³/mol. The van der Waals surface area contributed by atoms with Gasteiger partial charge in [0.1, 0.15) is 11.5 Å². The second kappa shape index (κ2) is 3.22. The van der Waals surface area contributed by atoms with Crippen LogP contribution >= 0.6 is 0 Å². The molecule has 14 heavy (non-hydrogen) atoms. The highest BCUT2D eigenvalue weighted by molar-refractivity contribution is 5.77. The van der Waals surface area contributed by atoms with Gasteiger partial charge in [0.25, 0.3) is 0 Å². The van der Waals surface area contributed by atoms with Gasteiger partial charge in [0.05, 0.1) is 0 Å². The van der Waals surface area contributed by atoms with Crippen LogP contribution in [0.1, 0.15) is 11.5 Å². The molecule has 2 aromatic rings. The SMILES string of the molecule is Cc1cc(-c2ccccc2N)c(C)o1. The minimum Gasteiger partial charge on any atom is -0.466 e. The van der Waals surface area contributed by atoms with Crippen molar-refractivity contribution < 1.29 is 4.42 Å². The zero-order chi connectivity index (χ0) is 10.1. The van der Waals surface area contributed by atoms with Crippen LogP contribution in [0.4, 0.5) is 5.69 Å². The van der Waals surface area contributed by atoms with Crippen molar-refractivity contribution in [3.8, 4) is 11.1 Å². The van der Waals surface area contributed by atoms with Crippen LogP contribution in [0.25, 0.3) is 11.1 Å². The van der Waals surface area contributed by atoms with Gasteiger partial charge in [-0.1, -0.05) is 18.2 Å². The first-order valence-corrected chi connectivity index (χ1v) is 4.60.